The van der Waals surface area contributed by atoms with E-state index in [1.54, 1.807) is 11.3 Å². The molecule has 1 fully saturated rings. The van der Waals surface area contributed by atoms with E-state index in [4.69, 9.17) is 0 Å². The summed E-state index contributed by atoms with van der Waals surface area (Å²) in [6, 6.07) is 2.80. The minimum absolute atomic E-state index is 0.274. The molecule has 1 heterocycles. The zero-order valence-corrected chi connectivity index (χ0v) is 12.4. The number of aliphatic hydroxyl groups excluding tert-OH is 1. The summed E-state index contributed by atoms with van der Waals surface area (Å²) in [6.07, 6.45) is 2.27. The maximum atomic E-state index is 9.87. The monoisotopic (exact) mass is 318 g/mol. The van der Waals surface area contributed by atoms with Crippen molar-refractivity contribution in [1.82, 2.24) is 10.2 Å². The van der Waals surface area contributed by atoms with Crippen molar-refractivity contribution in [2.75, 3.05) is 20.1 Å². The van der Waals surface area contributed by atoms with E-state index < -0.39 is 0 Å². The molecule has 0 saturated heterocycles. The molecule has 0 bridgehead atoms. The van der Waals surface area contributed by atoms with Crippen LogP contribution in [-0.4, -0.2) is 42.3 Å². The fraction of sp³-hybridized carbons (Fsp3) is 0.667. The fourth-order valence-electron chi connectivity index (χ4n) is 1.78. The molecule has 0 radical (unpaired) electrons. The van der Waals surface area contributed by atoms with E-state index >= 15 is 0 Å². The average molecular weight is 319 g/mol. The maximum absolute atomic E-state index is 9.87. The Morgan fingerprint density at radius 1 is 1.65 bits per heavy atom. The van der Waals surface area contributed by atoms with Gasteiger partial charge in [0.25, 0.3) is 0 Å². The lowest BCUT2D eigenvalue weighted by molar-refractivity contribution is 0.121. The number of thiophene rings is 1. The van der Waals surface area contributed by atoms with Crippen molar-refractivity contribution in [1.29, 1.82) is 0 Å². The Morgan fingerprint density at radius 2 is 2.41 bits per heavy atom. The molecule has 1 aromatic heterocycles. The van der Waals surface area contributed by atoms with Crippen LogP contribution in [0, 0.1) is 0 Å². The highest BCUT2D eigenvalue weighted by molar-refractivity contribution is 9.10. The predicted molar refractivity (Wildman–Crippen MR) is 75.4 cm³/mol. The molecule has 1 aliphatic carbocycles. The summed E-state index contributed by atoms with van der Waals surface area (Å²) in [7, 11) is 2.05. The normalized spacial score (nSPS) is 17.6. The van der Waals surface area contributed by atoms with E-state index in [0.29, 0.717) is 12.6 Å². The summed E-state index contributed by atoms with van der Waals surface area (Å²) < 4.78 is 1.14. The largest absolute Gasteiger partial charge is 0.390 e. The summed E-state index contributed by atoms with van der Waals surface area (Å²) >= 11 is 5.20. The lowest BCUT2D eigenvalue weighted by atomic mass is 10.3. The number of likely N-dealkylation sites (N-methyl/N-ethyl adjacent to an activating group) is 1. The second kappa shape index (κ2) is 6.29. The van der Waals surface area contributed by atoms with Crippen molar-refractivity contribution in [3.05, 3.63) is 20.8 Å². The minimum Gasteiger partial charge on any atom is -0.390 e. The molecule has 1 aliphatic rings. The molecule has 0 aliphatic heterocycles. The number of aliphatic hydroxyl groups is 1. The van der Waals surface area contributed by atoms with E-state index in [0.717, 1.165) is 17.6 Å². The Bertz CT molecular complexity index is 354. The minimum atomic E-state index is -0.274. The van der Waals surface area contributed by atoms with Crippen molar-refractivity contribution in [3.63, 3.8) is 0 Å². The van der Waals surface area contributed by atoms with Crippen LogP contribution in [0.15, 0.2) is 15.9 Å². The standard InChI is InChI=1S/C12H19BrN2OS/c1-15(7-12-4-9(13)8-17-12)6-11(16)5-14-10-2-3-10/h4,8,10-11,14,16H,2-3,5-7H2,1H3. The van der Waals surface area contributed by atoms with Gasteiger partial charge in [0.15, 0.2) is 0 Å². The number of hydrogen-bond acceptors (Lipinski definition) is 4. The van der Waals surface area contributed by atoms with Crippen molar-refractivity contribution in [2.24, 2.45) is 0 Å². The first-order valence-electron chi connectivity index (χ1n) is 5.96. The first kappa shape index (κ1) is 13.5. The van der Waals surface area contributed by atoms with Crippen LogP contribution in [0.2, 0.25) is 0 Å². The van der Waals surface area contributed by atoms with Crippen LogP contribution in [0.3, 0.4) is 0 Å². The molecule has 0 aromatic carbocycles. The highest BCUT2D eigenvalue weighted by Gasteiger charge is 2.21. The molecule has 1 unspecified atom stereocenters. The van der Waals surface area contributed by atoms with Crippen molar-refractivity contribution in [2.45, 2.75) is 31.5 Å². The first-order valence-corrected chi connectivity index (χ1v) is 7.63. The third-order valence-corrected chi connectivity index (χ3v) is 4.47. The van der Waals surface area contributed by atoms with Crippen molar-refractivity contribution >= 4 is 27.3 Å². The van der Waals surface area contributed by atoms with Crippen LogP contribution < -0.4 is 5.32 Å². The molecular formula is C12H19BrN2OS. The van der Waals surface area contributed by atoms with Crippen LogP contribution in [0.25, 0.3) is 0 Å². The second-order valence-corrected chi connectivity index (χ2v) is 6.68. The molecule has 2 rings (SSSR count). The third-order valence-electron chi connectivity index (χ3n) is 2.79. The van der Waals surface area contributed by atoms with Gasteiger partial charge < -0.3 is 10.4 Å². The van der Waals surface area contributed by atoms with Crippen LogP contribution in [-0.2, 0) is 6.54 Å². The van der Waals surface area contributed by atoms with Gasteiger partial charge in [-0.2, -0.15) is 0 Å². The number of nitrogens with zero attached hydrogens (tertiary/aromatic N) is 1. The SMILES string of the molecule is CN(Cc1cc(Br)cs1)CC(O)CNC1CC1. The number of hydrogen-bond donors (Lipinski definition) is 2. The third kappa shape index (κ3) is 5.06. The van der Waals surface area contributed by atoms with Gasteiger partial charge in [0.1, 0.15) is 0 Å². The molecule has 17 heavy (non-hydrogen) atoms. The van der Waals surface area contributed by atoms with E-state index in [-0.39, 0.29) is 6.10 Å². The maximum Gasteiger partial charge on any atom is 0.0791 e. The van der Waals surface area contributed by atoms with Gasteiger partial charge in [-0.05, 0) is 41.9 Å². The van der Waals surface area contributed by atoms with Gasteiger partial charge in [0.05, 0.1) is 6.10 Å². The van der Waals surface area contributed by atoms with Gasteiger partial charge in [-0.15, -0.1) is 11.3 Å². The van der Waals surface area contributed by atoms with Crippen molar-refractivity contribution in [3.8, 4) is 0 Å². The predicted octanol–water partition coefficient (Wildman–Crippen LogP) is 2.06. The fourth-order valence-corrected chi connectivity index (χ4v) is 3.31. The van der Waals surface area contributed by atoms with E-state index in [1.807, 2.05) is 7.05 Å². The summed E-state index contributed by atoms with van der Waals surface area (Å²) in [5.41, 5.74) is 0. The van der Waals surface area contributed by atoms with Crippen LogP contribution in [0.4, 0.5) is 0 Å². The molecule has 2 N–H and O–H groups in total. The highest BCUT2D eigenvalue weighted by Crippen LogP contribution is 2.21. The van der Waals surface area contributed by atoms with Gasteiger partial charge in [0, 0.05) is 40.4 Å². The molecule has 5 heteroatoms. The van der Waals surface area contributed by atoms with Gasteiger partial charge in [-0.1, -0.05) is 0 Å². The Labute approximate surface area is 115 Å². The highest BCUT2D eigenvalue weighted by atomic mass is 79.9. The van der Waals surface area contributed by atoms with Crippen molar-refractivity contribution < 1.29 is 5.11 Å². The lowest BCUT2D eigenvalue weighted by Crippen LogP contribution is -2.36. The van der Waals surface area contributed by atoms with Gasteiger partial charge in [-0.3, -0.25) is 4.90 Å². The molecule has 1 aromatic rings. The quantitative estimate of drug-likeness (QED) is 0.807. The Morgan fingerprint density at radius 3 is 3.00 bits per heavy atom. The second-order valence-electron chi connectivity index (χ2n) is 4.76. The van der Waals surface area contributed by atoms with Gasteiger partial charge in [-0.25, -0.2) is 0 Å². The summed E-state index contributed by atoms with van der Waals surface area (Å²) in [5.74, 6) is 0. The zero-order valence-electron chi connectivity index (χ0n) is 10.0. The molecule has 1 atom stereocenters. The van der Waals surface area contributed by atoms with E-state index in [2.05, 4.69) is 37.6 Å². The summed E-state index contributed by atoms with van der Waals surface area (Å²) in [6.45, 7) is 2.33. The van der Waals surface area contributed by atoms with E-state index in [1.165, 1.54) is 17.7 Å². The van der Waals surface area contributed by atoms with Crippen LogP contribution in [0.1, 0.15) is 17.7 Å². The van der Waals surface area contributed by atoms with Gasteiger partial charge in [0.2, 0.25) is 0 Å². The number of halogens is 1. The molecule has 96 valence electrons. The Kier molecular flexibility index (Phi) is 4.99. The molecular weight excluding hydrogens is 300 g/mol. The Hall–Kier alpha value is 0.0600. The van der Waals surface area contributed by atoms with Crippen LogP contribution >= 0.6 is 27.3 Å². The summed E-state index contributed by atoms with van der Waals surface area (Å²) in [5, 5.41) is 15.3. The van der Waals surface area contributed by atoms with E-state index in [9.17, 15) is 5.11 Å². The first-order chi connectivity index (χ1) is 8.13. The molecule has 0 spiro atoms. The number of nitrogens with one attached hydrogen (secondary N) is 1. The zero-order chi connectivity index (χ0) is 12.3. The molecule has 3 nitrogen and oxygen atoms in total. The molecule has 1 saturated carbocycles. The number of rotatable bonds is 7. The molecule has 0 amide bonds. The summed E-state index contributed by atoms with van der Waals surface area (Å²) in [4.78, 5) is 3.49. The average Bonchev–Trinajstić information content (AvgIpc) is 3.00. The lowest BCUT2D eigenvalue weighted by Gasteiger charge is -2.20. The van der Waals surface area contributed by atoms with Gasteiger partial charge >= 0.3 is 0 Å². The smallest absolute Gasteiger partial charge is 0.0791 e. The van der Waals surface area contributed by atoms with Crippen LogP contribution in [0.5, 0.6) is 0 Å². The topological polar surface area (TPSA) is 35.5 Å². The Balaban J connectivity index is 1.66.